The Hall–Kier alpha value is -2.08. The van der Waals surface area contributed by atoms with E-state index in [0.717, 1.165) is 31.7 Å². The fourth-order valence-corrected chi connectivity index (χ4v) is 3.11. The van der Waals surface area contributed by atoms with Crippen molar-refractivity contribution in [1.29, 1.82) is 0 Å². The maximum absolute atomic E-state index is 12.7. The molecule has 0 bridgehead atoms. The number of benzene rings is 1. The van der Waals surface area contributed by atoms with Gasteiger partial charge in [-0.1, -0.05) is 26.0 Å². The Bertz CT molecular complexity index is 626. The summed E-state index contributed by atoms with van der Waals surface area (Å²) in [4.78, 5) is 28.8. The largest absolute Gasteiger partial charge is 0.476 e. The molecule has 0 saturated carbocycles. The lowest BCUT2D eigenvalue weighted by Crippen LogP contribution is -2.53. The number of fused-ring (bicyclic) bond motifs is 1. The van der Waals surface area contributed by atoms with Gasteiger partial charge in [0.05, 0.1) is 5.69 Å². The normalized spacial score (nSPS) is 15.6. The highest BCUT2D eigenvalue weighted by Crippen LogP contribution is 2.37. The summed E-state index contributed by atoms with van der Waals surface area (Å²) >= 11 is 0. The van der Waals surface area contributed by atoms with Gasteiger partial charge in [0.25, 0.3) is 5.91 Å². The zero-order valence-electron chi connectivity index (χ0n) is 16.4. The number of hydrogen-bond donors (Lipinski definition) is 1. The molecule has 0 aromatic heterocycles. The molecule has 1 aliphatic heterocycles. The molecule has 0 unspecified atom stereocenters. The molecule has 6 heteroatoms. The Morgan fingerprint density at radius 2 is 1.92 bits per heavy atom. The highest BCUT2D eigenvalue weighted by molar-refractivity contribution is 6.02. The third-order valence-electron chi connectivity index (χ3n) is 4.71. The summed E-state index contributed by atoms with van der Waals surface area (Å²) in [6, 6.07) is 7.45. The summed E-state index contributed by atoms with van der Waals surface area (Å²) in [5.74, 6) is 0.529. The lowest BCUT2D eigenvalue weighted by atomic mass is 10.0. The summed E-state index contributed by atoms with van der Waals surface area (Å²) in [5.41, 5.74) is -0.194. The molecule has 0 spiro atoms. The Labute approximate surface area is 156 Å². The van der Waals surface area contributed by atoms with Gasteiger partial charge in [0.15, 0.2) is 5.60 Å². The van der Waals surface area contributed by atoms with E-state index in [-0.39, 0.29) is 18.2 Å². The van der Waals surface area contributed by atoms with Crippen LogP contribution in [0.2, 0.25) is 0 Å². The van der Waals surface area contributed by atoms with Gasteiger partial charge in [-0.15, -0.1) is 0 Å². The molecular formula is C20H31N3O3. The molecule has 1 N–H and O–H groups in total. The molecule has 0 aliphatic carbocycles. The number of para-hydroxylation sites is 2. The number of carbonyl (C=O) groups is 2. The summed E-state index contributed by atoms with van der Waals surface area (Å²) < 4.78 is 5.80. The molecule has 26 heavy (non-hydrogen) atoms. The van der Waals surface area contributed by atoms with E-state index in [1.165, 1.54) is 0 Å². The molecule has 0 fully saturated rings. The summed E-state index contributed by atoms with van der Waals surface area (Å²) in [5, 5.41) is 2.95. The molecule has 2 rings (SSSR count). The molecule has 2 amide bonds. The van der Waals surface area contributed by atoms with Crippen molar-refractivity contribution in [1.82, 2.24) is 10.2 Å². The average molecular weight is 361 g/mol. The molecular weight excluding hydrogens is 330 g/mol. The SMILES string of the molecule is CCN(CC)CCCNC(=O)CCN1C(=O)C(C)(C)Oc2ccccc21. The summed E-state index contributed by atoms with van der Waals surface area (Å²) in [6.45, 7) is 11.8. The number of anilines is 1. The van der Waals surface area contributed by atoms with Gasteiger partial charge >= 0.3 is 0 Å². The third kappa shape index (κ3) is 4.97. The standard InChI is InChI=1S/C20H31N3O3/c1-5-22(6-2)14-9-13-21-18(24)12-15-23-16-10-7-8-11-17(16)26-20(3,4)19(23)25/h7-8,10-11H,5-6,9,12-15H2,1-4H3,(H,21,24). The molecule has 1 heterocycles. The van der Waals surface area contributed by atoms with Gasteiger partial charge in [0.1, 0.15) is 5.75 Å². The highest BCUT2D eigenvalue weighted by atomic mass is 16.5. The van der Waals surface area contributed by atoms with Gasteiger partial charge in [-0.25, -0.2) is 0 Å². The number of hydrogen-bond acceptors (Lipinski definition) is 4. The monoisotopic (exact) mass is 361 g/mol. The second-order valence-electron chi connectivity index (χ2n) is 7.02. The zero-order chi connectivity index (χ0) is 19.2. The molecule has 0 radical (unpaired) electrons. The molecule has 144 valence electrons. The van der Waals surface area contributed by atoms with Crippen LogP contribution in [0.3, 0.4) is 0 Å². The zero-order valence-corrected chi connectivity index (χ0v) is 16.4. The van der Waals surface area contributed by atoms with E-state index in [9.17, 15) is 9.59 Å². The van der Waals surface area contributed by atoms with Crippen LogP contribution in [0.1, 0.15) is 40.5 Å². The topological polar surface area (TPSA) is 61.9 Å². The van der Waals surface area contributed by atoms with E-state index in [0.29, 0.717) is 18.8 Å². The van der Waals surface area contributed by atoms with Crippen LogP contribution in [0.15, 0.2) is 24.3 Å². The number of nitrogens with zero attached hydrogens (tertiary/aromatic N) is 2. The van der Waals surface area contributed by atoms with E-state index in [2.05, 4.69) is 24.1 Å². The van der Waals surface area contributed by atoms with Crippen LogP contribution in [0.5, 0.6) is 5.75 Å². The maximum Gasteiger partial charge on any atom is 0.270 e. The van der Waals surface area contributed by atoms with Crippen LogP contribution < -0.4 is 15.0 Å². The van der Waals surface area contributed by atoms with Crippen molar-refractivity contribution in [2.45, 2.75) is 46.1 Å². The third-order valence-corrected chi connectivity index (χ3v) is 4.71. The number of nitrogens with one attached hydrogen (secondary N) is 1. The second-order valence-corrected chi connectivity index (χ2v) is 7.02. The molecule has 0 saturated heterocycles. The van der Waals surface area contributed by atoms with E-state index < -0.39 is 5.60 Å². The van der Waals surface area contributed by atoms with Crippen molar-refractivity contribution in [2.24, 2.45) is 0 Å². The Morgan fingerprint density at radius 3 is 2.62 bits per heavy atom. The van der Waals surface area contributed by atoms with Crippen LogP contribution in [0.25, 0.3) is 0 Å². The minimum absolute atomic E-state index is 0.0286. The van der Waals surface area contributed by atoms with Crippen molar-refractivity contribution in [2.75, 3.05) is 37.6 Å². The minimum Gasteiger partial charge on any atom is -0.476 e. The average Bonchev–Trinajstić information content (AvgIpc) is 2.62. The first-order chi connectivity index (χ1) is 12.4. The first-order valence-electron chi connectivity index (χ1n) is 9.48. The van der Waals surface area contributed by atoms with Gasteiger partial charge in [0, 0.05) is 19.5 Å². The molecule has 1 aromatic rings. The first kappa shape index (κ1) is 20.2. The van der Waals surface area contributed by atoms with Gasteiger partial charge in [-0.3, -0.25) is 9.59 Å². The molecule has 1 aromatic carbocycles. The first-order valence-corrected chi connectivity index (χ1v) is 9.48. The van der Waals surface area contributed by atoms with Gasteiger partial charge in [0.2, 0.25) is 5.91 Å². The number of ether oxygens (including phenoxy) is 1. The quantitative estimate of drug-likeness (QED) is 0.686. The Kier molecular flexibility index (Phi) is 7.03. The predicted molar refractivity (Wildman–Crippen MR) is 104 cm³/mol. The number of amides is 2. The van der Waals surface area contributed by atoms with E-state index in [1.54, 1.807) is 18.7 Å². The van der Waals surface area contributed by atoms with E-state index in [4.69, 9.17) is 4.74 Å². The summed E-state index contributed by atoms with van der Waals surface area (Å²) in [7, 11) is 0. The van der Waals surface area contributed by atoms with Crippen LogP contribution >= 0.6 is 0 Å². The molecule has 6 nitrogen and oxygen atoms in total. The highest BCUT2D eigenvalue weighted by Gasteiger charge is 2.40. The van der Waals surface area contributed by atoms with Gasteiger partial charge < -0.3 is 19.9 Å². The van der Waals surface area contributed by atoms with Crippen molar-refractivity contribution in [3.63, 3.8) is 0 Å². The fraction of sp³-hybridized carbons (Fsp3) is 0.600. The van der Waals surface area contributed by atoms with E-state index >= 15 is 0 Å². The van der Waals surface area contributed by atoms with Crippen LogP contribution in [0, 0.1) is 0 Å². The Morgan fingerprint density at radius 1 is 1.23 bits per heavy atom. The lowest BCUT2D eigenvalue weighted by molar-refractivity contribution is -0.132. The van der Waals surface area contributed by atoms with Crippen LogP contribution in [0.4, 0.5) is 5.69 Å². The summed E-state index contributed by atoms with van der Waals surface area (Å²) in [6.07, 6.45) is 1.21. The fourth-order valence-electron chi connectivity index (χ4n) is 3.11. The number of carbonyl (C=O) groups excluding carboxylic acids is 2. The van der Waals surface area contributed by atoms with E-state index in [1.807, 2.05) is 24.3 Å². The van der Waals surface area contributed by atoms with Crippen molar-refractivity contribution in [3.8, 4) is 5.75 Å². The molecule has 1 aliphatic rings. The smallest absolute Gasteiger partial charge is 0.270 e. The van der Waals surface area contributed by atoms with Crippen molar-refractivity contribution < 1.29 is 14.3 Å². The maximum atomic E-state index is 12.7. The van der Waals surface area contributed by atoms with Crippen LogP contribution in [-0.2, 0) is 9.59 Å². The van der Waals surface area contributed by atoms with Crippen molar-refractivity contribution in [3.05, 3.63) is 24.3 Å². The Balaban J connectivity index is 1.86. The number of rotatable bonds is 9. The minimum atomic E-state index is -0.922. The lowest BCUT2D eigenvalue weighted by Gasteiger charge is -2.38. The second kappa shape index (κ2) is 9.03. The van der Waals surface area contributed by atoms with Gasteiger partial charge in [-0.2, -0.15) is 0 Å². The molecule has 0 atom stereocenters. The van der Waals surface area contributed by atoms with Gasteiger partial charge in [-0.05, 0) is 52.0 Å². The predicted octanol–water partition coefficient (Wildman–Crippen LogP) is 2.43. The van der Waals surface area contributed by atoms with Crippen molar-refractivity contribution >= 4 is 17.5 Å². The van der Waals surface area contributed by atoms with Crippen LogP contribution in [-0.4, -0.2) is 55.0 Å².